The lowest BCUT2D eigenvalue weighted by atomic mass is 10.1. The number of aromatic amines is 1. The number of hydrogen-bond donors (Lipinski definition) is 1. The number of para-hydroxylation sites is 1. The predicted octanol–water partition coefficient (Wildman–Crippen LogP) is 2.33. The van der Waals surface area contributed by atoms with E-state index in [0.29, 0.717) is 17.0 Å². The molecule has 0 aliphatic carbocycles. The number of aryl methyl sites for hydroxylation is 1. The normalized spacial score (nSPS) is 16.6. The molecule has 2 aromatic carbocycles. The van der Waals surface area contributed by atoms with Gasteiger partial charge in [-0.25, -0.2) is 9.97 Å². The molecule has 29 heavy (non-hydrogen) atoms. The summed E-state index contributed by atoms with van der Waals surface area (Å²) in [5, 5.41) is 2.09. The van der Waals surface area contributed by atoms with E-state index in [9.17, 15) is 0 Å². The van der Waals surface area contributed by atoms with E-state index in [0.717, 1.165) is 16.3 Å². The molecule has 0 amide bonds. The maximum absolute atomic E-state index is 6.24. The summed E-state index contributed by atoms with van der Waals surface area (Å²) in [4.78, 5) is 22.9. The van der Waals surface area contributed by atoms with E-state index in [2.05, 4.69) is 56.2 Å². The van der Waals surface area contributed by atoms with Crippen LogP contribution in [0.15, 0.2) is 66.2 Å². The summed E-state index contributed by atoms with van der Waals surface area (Å²) in [6.45, 7) is 4.10. The summed E-state index contributed by atoms with van der Waals surface area (Å²) in [5.74, 6) is 0.471. The first-order valence-corrected chi connectivity index (χ1v) is 9.50. The van der Waals surface area contributed by atoms with Gasteiger partial charge in [-0.2, -0.15) is 4.98 Å². The topological polar surface area (TPSA) is 79.3 Å². The van der Waals surface area contributed by atoms with Gasteiger partial charge in [0.15, 0.2) is 11.8 Å². The monoisotopic (exact) mass is 384 g/mol. The Morgan fingerprint density at radius 2 is 1.90 bits per heavy atom. The average Bonchev–Trinajstić information content (AvgIpc) is 3.24. The zero-order chi connectivity index (χ0) is 19.8. The van der Waals surface area contributed by atoms with Gasteiger partial charge in [0, 0.05) is 17.1 Å². The van der Waals surface area contributed by atoms with E-state index < -0.39 is 0 Å². The average molecular weight is 384 g/mol. The molecule has 2 unspecified atom stereocenters. The molecule has 0 fully saturated rings. The van der Waals surface area contributed by atoms with Gasteiger partial charge in [0.05, 0.1) is 11.7 Å². The Balaban J connectivity index is 1.58. The number of aromatic nitrogens is 4. The maximum atomic E-state index is 6.24. The molecule has 0 saturated heterocycles. The molecule has 0 spiro atoms. The fourth-order valence-corrected chi connectivity index (χ4v) is 3.59. The number of rotatable bonds is 4. The Hall–Kier alpha value is -3.74. The zero-order valence-corrected chi connectivity index (χ0v) is 16.1. The zero-order valence-electron chi connectivity index (χ0n) is 16.1. The van der Waals surface area contributed by atoms with Crippen molar-refractivity contribution in [3.05, 3.63) is 77.3 Å². The molecule has 3 heterocycles. The Labute approximate surface area is 167 Å². The third kappa shape index (κ3) is 3.10. The second-order valence-electron chi connectivity index (χ2n) is 7.03. The van der Waals surface area contributed by atoms with Crippen LogP contribution in [0.25, 0.3) is 17.4 Å². The molecule has 7 nitrogen and oxygen atoms in total. The van der Waals surface area contributed by atoms with Crippen LogP contribution in [0.5, 0.6) is 5.88 Å². The van der Waals surface area contributed by atoms with E-state index >= 15 is 0 Å². The van der Waals surface area contributed by atoms with Gasteiger partial charge in [-0.3, -0.25) is 4.99 Å². The van der Waals surface area contributed by atoms with Gasteiger partial charge in [0.25, 0.3) is 0 Å². The lowest BCUT2D eigenvalue weighted by Gasteiger charge is -2.34. The van der Waals surface area contributed by atoms with Gasteiger partial charge >= 0.3 is 0 Å². The molecule has 1 aliphatic rings. The summed E-state index contributed by atoms with van der Waals surface area (Å²) in [5.41, 5.74) is 3.51. The van der Waals surface area contributed by atoms with Crippen LogP contribution >= 0.6 is 0 Å². The first-order valence-electron chi connectivity index (χ1n) is 9.50. The SMILES string of the molecule is Cc1cccc2c1=CN(c1ccccc1)C(C(C)Oc1ncnc3nc[nH]c13)N=2. The molecule has 0 saturated carbocycles. The molecular weight excluding hydrogens is 364 g/mol. The van der Waals surface area contributed by atoms with Crippen LogP contribution in [0.1, 0.15) is 12.5 Å². The van der Waals surface area contributed by atoms with E-state index in [1.54, 1.807) is 6.33 Å². The third-order valence-corrected chi connectivity index (χ3v) is 5.09. The van der Waals surface area contributed by atoms with E-state index in [1.165, 1.54) is 11.9 Å². The summed E-state index contributed by atoms with van der Waals surface area (Å²) in [7, 11) is 0. The molecule has 4 aromatic rings. The van der Waals surface area contributed by atoms with Gasteiger partial charge in [-0.05, 0) is 37.6 Å². The van der Waals surface area contributed by atoms with Gasteiger partial charge in [0.2, 0.25) is 5.88 Å². The Morgan fingerprint density at radius 1 is 1.03 bits per heavy atom. The van der Waals surface area contributed by atoms with Crippen molar-refractivity contribution in [1.29, 1.82) is 0 Å². The number of anilines is 1. The summed E-state index contributed by atoms with van der Waals surface area (Å²) in [6.07, 6.45) is 4.68. The minimum absolute atomic E-state index is 0.250. The number of hydrogen-bond acceptors (Lipinski definition) is 6. The van der Waals surface area contributed by atoms with Crippen LogP contribution < -0.4 is 20.2 Å². The predicted molar refractivity (Wildman–Crippen MR) is 111 cm³/mol. The van der Waals surface area contributed by atoms with Crippen molar-refractivity contribution in [2.24, 2.45) is 4.99 Å². The van der Waals surface area contributed by atoms with E-state index in [-0.39, 0.29) is 12.3 Å². The van der Waals surface area contributed by atoms with Crippen molar-refractivity contribution in [1.82, 2.24) is 19.9 Å². The lowest BCUT2D eigenvalue weighted by molar-refractivity contribution is 0.185. The number of nitrogens with zero attached hydrogens (tertiary/aromatic N) is 5. The minimum Gasteiger partial charge on any atom is -0.469 e. The summed E-state index contributed by atoms with van der Waals surface area (Å²) >= 11 is 0. The van der Waals surface area contributed by atoms with Gasteiger partial charge < -0.3 is 14.6 Å². The number of benzene rings is 2. The van der Waals surface area contributed by atoms with Gasteiger partial charge in [-0.15, -0.1) is 0 Å². The molecule has 2 atom stereocenters. The smallest absolute Gasteiger partial charge is 0.243 e. The standard InChI is InChI=1S/C22H20N6O/c1-14-7-6-10-18-17(14)11-28(16-8-4-3-5-9-16)21(27-18)15(2)29-22-19-20(24-12-23-19)25-13-26-22/h3-13,15,21H,1-2H3,(H,23,24,25,26). The highest BCUT2D eigenvalue weighted by Crippen LogP contribution is 2.25. The molecule has 0 radical (unpaired) electrons. The number of nitrogens with one attached hydrogen (secondary N) is 1. The molecule has 5 rings (SSSR count). The number of H-pyrrole nitrogens is 1. The molecule has 1 aliphatic heterocycles. The fraction of sp³-hybridized carbons (Fsp3) is 0.182. The van der Waals surface area contributed by atoms with Crippen molar-refractivity contribution in [2.45, 2.75) is 26.1 Å². The highest BCUT2D eigenvalue weighted by molar-refractivity contribution is 5.75. The second-order valence-corrected chi connectivity index (χ2v) is 7.03. The second kappa shape index (κ2) is 7.01. The van der Waals surface area contributed by atoms with Crippen molar-refractivity contribution in [2.75, 3.05) is 4.90 Å². The molecule has 144 valence electrons. The maximum Gasteiger partial charge on any atom is 0.243 e. The van der Waals surface area contributed by atoms with Gasteiger partial charge in [0.1, 0.15) is 17.9 Å². The summed E-state index contributed by atoms with van der Waals surface area (Å²) < 4.78 is 6.24. The Kier molecular flexibility index (Phi) is 4.20. The Bertz CT molecular complexity index is 1280. The molecule has 0 bridgehead atoms. The minimum atomic E-state index is -0.276. The van der Waals surface area contributed by atoms with Gasteiger partial charge in [-0.1, -0.05) is 30.3 Å². The van der Waals surface area contributed by atoms with Crippen molar-refractivity contribution >= 4 is 23.1 Å². The van der Waals surface area contributed by atoms with Crippen LogP contribution in [0, 0.1) is 6.92 Å². The number of fused-ring (bicyclic) bond motifs is 2. The van der Waals surface area contributed by atoms with E-state index in [4.69, 9.17) is 9.73 Å². The molecule has 1 N–H and O–H groups in total. The van der Waals surface area contributed by atoms with Crippen LogP contribution in [-0.2, 0) is 0 Å². The molecule has 7 heteroatoms. The Morgan fingerprint density at radius 3 is 2.76 bits per heavy atom. The van der Waals surface area contributed by atoms with Crippen LogP contribution in [0.3, 0.4) is 0 Å². The highest BCUT2D eigenvalue weighted by Gasteiger charge is 2.28. The first kappa shape index (κ1) is 17.4. The fourth-order valence-electron chi connectivity index (χ4n) is 3.59. The number of ether oxygens (including phenoxy) is 1. The van der Waals surface area contributed by atoms with Crippen molar-refractivity contribution < 1.29 is 4.74 Å². The highest BCUT2D eigenvalue weighted by atomic mass is 16.5. The summed E-state index contributed by atoms with van der Waals surface area (Å²) in [6, 6.07) is 16.4. The lowest BCUT2D eigenvalue weighted by Crippen LogP contribution is -2.49. The van der Waals surface area contributed by atoms with Crippen LogP contribution in [0.4, 0.5) is 5.69 Å². The van der Waals surface area contributed by atoms with E-state index in [1.807, 2.05) is 37.3 Å². The van der Waals surface area contributed by atoms with Crippen molar-refractivity contribution in [3.63, 3.8) is 0 Å². The third-order valence-electron chi connectivity index (χ3n) is 5.09. The molecule has 2 aromatic heterocycles. The quantitative estimate of drug-likeness (QED) is 0.584. The number of imidazole rings is 1. The van der Waals surface area contributed by atoms with Crippen LogP contribution in [0.2, 0.25) is 0 Å². The largest absolute Gasteiger partial charge is 0.469 e. The molecular formula is C22H20N6O. The van der Waals surface area contributed by atoms with Crippen LogP contribution in [-0.4, -0.2) is 32.2 Å². The first-order chi connectivity index (χ1) is 14.2. The van der Waals surface area contributed by atoms with Crippen molar-refractivity contribution in [3.8, 4) is 5.88 Å².